The summed E-state index contributed by atoms with van der Waals surface area (Å²) in [6.45, 7) is 7.63. The monoisotopic (exact) mass is 252 g/mol. The minimum absolute atomic E-state index is 0.00790. The van der Waals surface area contributed by atoms with Crippen molar-refractivity contribution in [3.63, 3.8) is 0 Å². The van der Waals surface area contributed by atoms with E-state index in [-0.39, 0.29) is 18.3 Å². The van der Waals surface area contributed by atoms with Crippen LogP contribution < -0.4 is 0 Å². The Kier molecular flexibility index (Phi) is 4.51. The molecule has 1 aliphatic rings. The summed E-state index contributed by atoms with van der Waals surface area (Å²) < 4.78 is 0. The lowest BCUT2D eigenvalue weighted by atomic mass is 9.60. The lowest BCUT2D eigenvalue weighted by Crippen LogP contribution is -2.53. The van der Waals surface area contributed by atoms with Crippen LogP contribution in [0.3, 0.4) is 0 Å². The maximum atomic E-state index is 11.6. The van der Waals surface area contributed by atoms with Gasteiger partial charge in [0, 0.05) is 18.3 Å². The van der Waals surface area contributed by atoms with Crippen molar-refractivity contribution >= 4 is 5.78 Å². The van der Waals surface area contributed by atoms with Crippen molar-refractivity contribution in [3.05, 3.63) is 23.8 Å². The van der Waals surface area contributed by atoms with Crippen LogP contribution in [0.5, 0.6) is 0 Å². The number of hydrogen-bond acceptors (Lipinski definition) is 3. The Morgan fingerprint density at radius 1 is 1.50 bits per heavy atom. The number of carbonyl (C=O) groups is 1. The van der Waals surface area contributed by atoms with Crippen LogP contribution in [0.25, 0.3) is 0 Å². The van der Waals surface area contributed by atoms with E-state index in [4.69, 9.17) is 5.11 Å². The van der Waals surface area contributed by atoms with E-state index < -0.39 is 11.0 Å². The summed E-state index contributed by atoms with van der Waals surface area (Å²) in [5, 5.41) is 19.7. The zero-order valence-corrected chi connectivity index (χ0v) is 11.7. The molecule has 1 aliphatic carbocycles. The summed E-state index contributed by atoms with van der Waals surface area (Å²) in [6.07, 6.45) is 6.12. The Labute approximate surface area is 109 Å². The SMILES string of the molecule is CC(=C/CO)/C=C/[C@@]1(O)C(C)CC(=O)CC1(C)C. The zero-order chi connectivity index (χ0) is 14.0. The Hall–Kier alpha value is -0.930. The normalized spacial score (nSPS) is 33.1. The number of hydrogen-bond donors (Lipinski definition) is 2. The third-order valence-corrected chi connectivity index (χ3v) is 4.02. The summed E-state index contributed by atoms with van der Waals surface area (Å²) in [7, 11) is 0. The van der Waals surface area contributed by atoms with Crippen LogP contribution in [-0.2, 0) is 4.79 Å². The van der Waals surface area contributed by atoms with E-state index in [9.17, 15) is 9.90 Å². The average molecular weight is 252 g/mol. The standard InChI is InChI=1S/C15H24O3/c1-11(6-8-16)5-7-15(18)12(2)9-13(17)10-14(15,3)4/h5-7,12,16,18H,8-10H2,1-4H3/b7-5+,11-6-/t12?,15-/m1/s1. The first-order valence-corrected chi connectivity index (χ1v) is 6.44. The lowest BCUT2D eigenvalue weighted by molar-refractivity contribution is -0.142. The summed E-state index contributed by atoms with van der Waals surface area (Å²) in [4.78, 5) is 11.6. The first-order valence-electron chi connectivity index (χ1n) is 6.44. The first kappa shape index (κ1) is 15.1. The number of ketones is 1. The van der Waals surface area contributed by atoms with Gasteiger partial charge in [-0.1, -0.05) is 44.6 Å². The third kappa shape index (κ3) is 2.90. The van der Waals surface area contributed by atoms with Crippen molar-refractivity contribution in [2.24, 2.45) is 11.3 Å². The highest BCUT2D eigenvalue weighted by atomic mass is 16.3. The van der Waals surface area contributed by atoms with Gasteiger partial charge >= 0.3 is 0 Å². The molecule has 0 aromatic carbocycles. The maximum absolute atomic E-state index is 11.6. The van der Waals surface area contributed by atoms with Crippen LogP contribution >= 0.6 is 0 Å². The van der Waals surface area contributed by atoms with Crippen molar-refractivity contribution in [2.45, 2.75) is 46.1 Å². The fourth-order valence-corrected chi connectivity index (χ4v) is 2.73. The van der Waals surface area contributed by atoms with Gasteiger partial charge in [-0.3, -0.25) is 4.79 Å². The van der Waals surface area contributed by atoms with E-state index in [0.717, 1.165) is 5.57 Å². The van der Waals surface area contributed by atoms with Crippen LogP contribution in [0, 0.1) is 11.3 Å². The highest BCUT2D eigenvalue weighted by Crippen LogP contribution is 2.46. The van der Waals surface area contributed by atoms with Gasteiger partial charge in [-0.2, -0.15) is 0 Å². The average Bonchev–Trinajstić information content (AvgIpc) is 2.23. The van der Waals surface area contributed by atoms with Gasteiger partial charge < -0.3 is 10.2 Å². The molecule has 1 rings (SSSR count). The maximum Gasteiger partial charge on any atom is 0.133 e. The molecule has 18 heavy (non-hydrogen) atoms. The molecule has 0 aliphatic heterocycles. The second-order valence-electron chi connectivity index (χ2n) is 5.99. The molecule has 0 radical (unpaired) electrons. The van der Waals surface area contributed by atoms with Crippen molar-refractivity contribution in [1.29, 1.82) is 0 Å². The van der Waals surface area contributed by atoms with Crippen LogP contribution in [-0.4, -0.2) is 28.2 Å². The Morgan fingerprint density at radius 3 is 2.61 bits per heavy atom. The predicted octanol–water partition coefficient (Wildman–Crippen LogP) is 2.24. The first-order chi connectivity index (χ1) is 8.23. The highest BCUT2D eigenvalue weighted by Gasteiger charge is 2.50. The number of aliphatic hydroxyl groups is 2. The van der Waals surface area contributed by atoms with Crippen LogP contribution in [0.2, 0.25) is 0 Å². The van der Waals surface area contributed by atoms with E-state index in [1.807, 2.05) is 33.8 Å². The molecular weight excluding hydrogens is 228 g/mol. The van der Waals surface area contributed by atoms with Crippen LogP contribution in [0.4, 0.5) is 0 Å². The molecule has 0 amide bonds. The van der Waals surface area contributed by atoms with Gasteiger partial charge in [0.1, 0.15) is 5.78 Å². The van der Waals surface area contributed by atoms with Gasteiger partial charge in [0.25, 0.3) is 0 Å². The van der Waals surface area contributed by atoms with Crippen LogP contribution in [0.15, 0.2) is 23.8 Å². The molecule has 0 aromatic rings. The molecule has 0 aromatic heterocycles. The van der Waals surface area contributed by atoms with Gasteiger partial charge in [0.05, 0.1) is 12.2 Å². The number of allylic oxidation sites excluding steroid dienone is 2. The van der Waals surface area contributed by atoms with Crippen molar-refractivity contribution < 1.29 is 15.0 Å². The van der Waals surface area contributed by atoms with Gasteiger partial charge in [0.15, 0.2) is 0 Å². The van der Waals surface area contributed by atoms with Gasteiger partial charge in [0.2, 0.25) is 0 Å². The fraction of sp³-hybridized carbons (Fsp3) is 0.667. The number of carbonyl (C=O) groups excluding carboxylic acids is 1. The van der Waals surface area contributed by atoms with Crippen molar-refractivity contribution in [3.8, 4) is 0 Å². The van der Waals surface area contributed by atoms with Gasteiger partial charge in [-0.15, -0.1) is 0 Å². The minimum Gasteiger partial charge on any atom is -0.392 e. The molecule has 1 saturated carbocycles. The summed E-state index contributed by atoms with van der Waals surface area (Å²) in [5.74, 6) is 0.125. The van der Waals surface area contributed by atoms with Crippen LogP contribution in [0.1, 0.15) is 40.5 Å². The number of Topliss-reactive ketones (excluding diaryl/α,β-unsaturated/α-hetero) is 1. The molecule has 102 valence electrons. The molecule has 2 atom stereocenters. The van der Waals surface area contributed by atoms with E-state index in [1.165, 1.54) is 0 Å². The van der Waals surface area contributed by atoms with E-state index in [0.29, 0.717) is 12.8 Å². The molecule has 3 heteroatoms. The van der Waals surface area contributed by atoms with Crippen molar-refractivity contribution in [1.82, 2.24) is 0 Å². The zero-order valence-electron chi connectivity index (χ0n) is 11.7. The topological polar surface area (TPSA) is 57.5 Å². The molecule has 1 fully saturated rings. The highest BCUT2D eigenvalue weighted by molar-refractivity contribution is 5.81. The molecule has 0 heterocycles. The summed E-state index contributed by atoms with van der Waals surface area (Å²) >= 11 is 0. The molecule has 1 unspecified atom stereocenters. The number of aliphatic hydroxyl groups excluding tert-OH is 1. The Bertz CT molecular complexity index is 379. The molecule has 0 spiro atoms. The van der Waals surface area contributed by atoms with Crippen molar-refractivity contribution in [2.75, 3.05) is 6.61 Å². The van der Waals surface area contributed by atoms with E-state index >= 15 is 0 Å². The number of rotatable bonds is 3. The Balaban J connectivity index is 3.01. The largest absolute Gasteiger partial charge is 0.392 e. The minimum atomic E-state index is -0.981. The summed E-state index contributed by atoms with van der Waals surface area (Å²) in [6, 6.07) is 0. The van der Waals surface area contributed by atoms with Gasteiger partial charge in [-0.05, 0) is 12.8 Å². The van der Waals surface area contributed by atoms with Gasteiger partial charge in [-0.25, -0.2) is 0 Å². The Morgan fingerprint density at radius 2 is 2.11 bits per heavy atom. The van der Waals surface area contributed by atoms with E-state index in [1.54, 1.807) is 12.2 Å². The molecule has 3 nitrogen and oxygen atoms in total. The molecule has 2 N–H and O–H groups in total. The molecule has 0 bridgehead atoms. The quantitative estimate of drug-likeness (QED) is 0.757. The third-order valence-electron chi connectivity index (χ3n) is 4.02. The summed E-state index contributed by atoms with van der Waals surface area (Å²) in [5.41, 5.74) is -0.533. The predicted molar refractivity (Wildman–Crippen MR) is 72.1 cm³/mol. The lowest BCUT2D eigenvalue weighted by Gasteiger charge is -2.48. The second-order valence-corrected chi connectivity index (χ2v) is 5.99. The molecule has 0 saturated heterocycles. The molecular formula is C15H24O3. The fourth-order valence-electron chi connectivity index (χ4n) is 2.73. The second kappa shape index (κ2) is 5.37. The van der Waals surface area contributed by atoms with E-state index in [2.05, 4.69) is 0 Å². The smallest absolute Gasteiger partial charge is 0.133 e.